The summed E-state index contributed by atoms with van der Waals surface area (Å²) in [5.41, 5.74) is 1.60. The average Bonchev–Trinajstić information content (AvgIpc) is 2.17. The zero-order chi connectivity index (χ0) is 11.4. The van der Waals surface area contributed by atoms with E-state index in [9.17, 15) is 9.59 Å². The van der Waals surface area contributed by atoms with Gasteiger partial charge in [-0.3, -0.25) is 9.59 Å². The number of carboxylic acid groups (broad SMARTS) is 1. The molecule has 1 atom stereocenters. The lowest BCUT2D eigenvalue weighted by molar-refractivity contribution is -0.137. The van der Waals surface area contributed by atoms with Gasteiger partial charge in [-0.05, 0) is 18.4 Å². The molecule has 0 bridgehead atoms. The van der Waals surface area contributed by atoms with Crippen molar-refractivity contribution in [2.75, 3.05) is 0 Å². The van der Waals surface area contributed by atoms with Gasteiger partial charge in [0.2, 0.25) is 0 Å². The van der Waals surface area contributed by atoms with Crippen molar-refractivity contribution in [3.05, 3.63) is 35.4 Å². The minimum atomic E-state index is -0.807. The summed E-state index contributed by atoms with van der Waals surface area (Å²) in [4.78, 5) is 21.5. The fourth-order valence-electron chi connectivity index (χ4n) is 1.43. The van der Waals surface area contributed by atoms with Crippen LogP contribution in [0.3, 0.4) is 0 Å². The second-order valence-electron chi connectivity index (χ2n) is 3.68. The molecule has 0 heterocycles. The van der Waals surface area contributed by atoms with Gasteiger partial charge in [-0.25, -0.2) is 0 Å². The molecule has 3 nitrogen and oxygen atoms in total. The standard InChI is InChI=1S/C12H14O3/c1-8(7-12(14)15)10-3-5-11(6-4-10)9(2)13/h3-6,8H,7H2,1-2H3,(H,14,15). The summed E-state index contributed by atoms with van der Waals surface area (Å²) in [5, 5.41) is 8.63. The Labute approximate surface area is 88.7 Å². The van der Waals surface area contributed by atoms with E-state index in [2.05, 4.69) is 0 Å². The van der Waals surface area contributed by atoms with Gasteiger partial charge in [0.05, 0.1) is 6.42 Å². The van der Waals surface area contributed by atoms with Crippen LogP contribution in [-0.2, 0) is 4.79 Å². The molecule has 0 saturated carbocycles. The molecule has 1 N–H and O–H groups in total. The van der Waals surface area contributed by atoms with Crippen molar-refractivity contribution in [3.63, 3.8) is 0 Å². The van der Waals surface area contributed by atoms with Crippen LogP contribution in [0.2, 0.25) is 0 Å². The predicted molar refractivity (Wildman–Crippen MR) is 57.1 cm³/mol. The molecule has 0 spiro atoms. The lowest BCUT2D eigenvalue weighted by atomic mass is 9.96. The van der Waals surface area contributed by atoms with Crippen molar-refractivity contribution in [2.45, 2.75) is 26.2 Å². The maximum absolute atomic E-state index is 11.0. The van der Waals surface area contributed by atoms with Crippen molar-refractivity contribution in [1.29, 1.82) is 0 Å². The quantitative estimate of drug-likeness (QED) is 0.770. The third kappa shape index (κ3) is 3.20. The molecule has 0 fully saturated rings. The third-order valence-corrected chi connectivity index (χ3v) is 2.37. The van der Waals surface area contributed by atoms with E-state index < -0.39 is 5.97 Å². The van der Waals surface area contributed by atoms with Gasteiger partial charge < -0.3 is 5.11 Å². The molecule has 0 aliphatic heterocycles. The molecular formula is C12H14O3. The molecule has 0 aromatic heterocycles. The Hall–Kier alpha value is -1.64. The lowest BCUT2D eigenvalue weighted by Crippen LogP contribution is -2.03. The fraction of sp³-hybridized carbons (Fsp3) is 0.333. The van der Waals surface area contributed by atoms with E-state index in [0.29, 0.717) is 5.56 Å². The monoisotopic (exact) mass is 206 g/mol. The molecule has 1 aromatic rings. The zero-order valence-corrected chi connectivity index (χ0v) is 8.86. The van der Waals surface area contributed by atoms with E-state index >= 15 is 0 Å². The summed E-state index contributed by atoms with van der Waals surface area (Å²) in [5.74, 6) is -0.811. The summed E-state index contributed by atoms with van der Waals surface area (Å²) in [6.07, 6.45) is 0.111. The van der Waals surface area contributed by atoms with Crippen LogP contribution in [0.1, 0.15) is 42.1 Å². The van der Waals surface area contributed by atoms with Gasteiger partial charge in [0.25, 0.3) is 0 Å². The maximum atomic E-state index is 11.0. The molecule has 0 aliphatic rings. The largest absolute Gasteiger partial charge is 0.481 e. The van der Waals surface area contributed by atoms with Gasteiger partial charge in [-0.1, -0.05) is 31.2 Å². The Morgan fingerprint density at radius 3 is 2.20 bits per heavy atom. The van der Waals surface area contributed by atoms with Crippen molar-refractivity contribution in [3.8, 4) is 0 Å². The molecule has 1 aromatic carbocycles. The number of aliphatic carboxylic acids is 1. The highest BCUT2D eigenvalue weighted by atomic mass is 16.4. The maximum Gasteiger partial charge on any atom is 0.303 e. The second kappa shape index (κ2) is 4.73. The van der Waals surface area contributed by atoms with Crippen molar-refractivity contribution in [2.24, 2.45) is 0 Å². The number of benzene rings is 1. The topological polar surface area (TPSA) is 54.4 Å². The Morgan fingerprint density at radius 2 is 1.80 bits per heavy atom. The number of hydrogen-bond acceptors (Lipinski definition) is 2. The normalized spacial score (nSPS) is 12.1. The van der Waals surface area contributed by atoms with Crippen LogP contribution >= 0.6 is 0 Å². The van der Waals surface area contributed by atoms with Gasteiger partial charge >= 0.3 is 5.97 Å². The summed E-state index contributed by atoms with van der Waals surface area (Å²) in [6, 6.07) is 7.08. The molecule has 0 amide bonds. The molecule has 0 radical (unpaired) electrons. The summed E-state index contributed by atoms with van der Waals surface area (Å²) in [7, 11) is 0. The first-order chi connectivity index (χ1) is 7.00. The van der Waals surface area contributed by atoms with E-state index in [1.165, 1.54) is 6.92 Å². The van der Waals surface area contributed by atoms with Crippen LogP contribution in [0, 0.1) is 0 Å². The van der Waals surface area contributed by atoms with E-state index in [4.69, 9.17) is 5.11 Å². The number of Topliss-reactive ketones (excluding diaryl/α,β-unsaturated/α-hetero) is 1. The molecule has 1 rings (SSSR count). The van der Waals surface area contributed by atoms with Crippen LogP contribution in [0.25, 0.3) is 0 Å². The summed E-state index contributed by atoms with van der Waals surface area (Å²) in [6.45, 7) is 3.37. The minimum Gasteiger partial charge on any atom is -0.481 e. The fourth-order valence-corrected chi connectivity index (χ4v) is 1.43. The van der Waals surface area contributed by atoms with Gasteiger partial charge in [0.15, 0.2) is 5.78 Å². The van der Waals surface area contributed by atoms with Crippen LogP contribution in [0.15, 0.2) is 24.3 Å². The van der Waals surface area contributed by atoms with Crippen molar-refractivity contribution in [1.82, 2.24) is 0 Å². The molecule has 15 heavy (non-hydrogen) atoms. The number of carbonyl (C=O) groups is 2. The predicted octanol–water partition coefficient (Wildman–Crippen LogP) is 2.47. The SMILES string of the molecule is CC(=O)c1ccc(C(C)CC(=O)O)cc1. The van der Waals surface area contributed by atoms with Crippen molar-refractivity contribution >= 4 is 11.8 Å². The van der Waals surface area contributed by atoms with Crippen LogP contribution in [-0.4, -0.2) is 16.9 Å². The third-order valence-electron chi connectivity index (χ3n) is 2.37. The Bertz CT molecular complexity index is 365. The lowest BCUT2D eigenvalue weighted by Gasteiger charge is -2.09. The smallest absolute Gasteiger partial charge is 0.303 e. The molecular weight excluding hydrogens is 192 g/mol. The van der Waals surface area contributed by atoms with Crippen LogP contribution in [0.4, 0.5) is 0 Å². The Balaban J connectivity index is 2.79. The van der Waals surface area contributed by atoms with Crippen molar-refractivity contribution < 1.29 is 14.7 Å². The number of ketones is 1. The van der Waals surface area contributed by atoms with Gasteiger partial charge in [0, 0.05) is 5.56 Å². The number of hydrogen-bond donors (Lipinski definition) is 1. The van der Waals surface area contributed by atoms with Crippen LogP contribution in [0.5, 0.6) is 0 Å². The molecule has 0 aliphatic carbocycles. The first-order valence-electron chi connectivity index (χ1n) is 4.83. The number of rotatable bonds is 4. The molecule has 1 unspecified atom stereocenters. The molecule has 0 saturated heterocycles. The highest BCUT2D eigenvalue weighted by Gasteiger charge is 2.10. The highest BCUT2D eigenvalue weighted by molar-refractivity contribution is 5.94. The first-order valence-corrected chi connectivity index (χ1v) is 4.83. The molecule has 80 valence electrons. The van der Waals surface area contributed by atoms with E-state index in [-0.39, 0.29) is 18.1 Å². The Morgan fingerprint density at radius 1 is 1.27 bits per heavy atom. The zero-order valence-electron chi connectivity index (χ0n) is 8.86. The average molecular weight is 206 g/mol. The second-order valence-corrected chi connectivity index (χ2v) is 3.68. The van der Waals surface area contributed by atoms with Gasteiger partial charge in [0.1, 0.15) is 0 Å². The Kier molecular flexibility index (Phi) is 3.61. The van der Waals surface area contributed by atoms with E-state index in [1.807, 2.05) is 19.1 Å². The van der Waals surface area contributed by atoms with Gasteiger partial charge in [-0.15, -0.1) is 0 Å². The number of carbonyl (C=O) groups excluding carboxylic acids is 1. The van der Waals surface area contributed by atoms with E-state index in [0.717, 1.165) is 5.56 Å². The summed E-state index contributed by atoms with van der Waals surface area (Å²) >= 11 is 0. The number of carboxylic acids is 1. The minimum absolute atomic E-state index is 0.0208. The summed E-state index contributed by atoms with van der Waals surface area (Å²) < 4.78 is 0. The first kappa shape index (κ1) is 11.4. The highest BCUT2D eigenvalue weighted by Crippen LogP contribution is 2.19. The van der Waals surface area contributed by atoms with Gasteiger partial charge in [-0.2, -0.15) is 0 Å². The van der Waals surface area contributed by atoms with Crippen LogP contribution < -0.4 is 0 Å². The van der Waals surface area contributed by atoms with E-state index in [1.54, 1.807) is 12.1 Å². The molecule has 3 heteroatoms.